The Labute approximate surface area is 203 Å². The standard InChI is InChI=1S/C22H12ClF5N2O2S2/c1-32-15-5-4-10(7-13(15)23)30-21(31)14(8-11-3-2-6-33-11)29-22(30)34-9-12-16(24)18(26)20(28)19(27)17(12)25/h2-8H,9H2,1H3/b14-8+. The van der Waals surface area contributed by atoms with Gasteiger partial charge >= 0.3 is 0 Å². The van der Waals surface area contributed by atoms with Gasteiger partial charge in [-0.2, -0.15) is 0 Å². The van der Waals surface area contributed by atoms with Crippen molar-refractivity contribution >= 4 is 57.5 Å². The van der Waals surface area contributed by atoms with Crippen LogP contribution in [0.4, 0.5) is 27.6 Å². The van der Waals surface area contributed by atoms with Gasteiger partial charge in [0.15, 0.2) is 28.4 Å². The summed E-state index contributed by atoms with van der Waals surface area (Å²) < 4.78 is 73.9. The fraction of sp³-hybridized carbons (Fsp3) is 0.0909. The van der Waals surface area contributed by atoms with E-state index < -0.39 is 46.3 Å². The van der Waals surface area contributed by atoms with Crippen LogP contribution in [-0.4, -0.2) is 18.2 Å². The molecule has 2 aromatic carbocycles. The number of methoxy groups -OCH3 is 1. The zero-order chi connectivity index (χ0) is 24.6. The minimum absolute atomic E-state index is 0.0225. The zero-order valence-corrected chi connectivity index (χ0v) is 19.4. The maximum absolute atomic E-state index is 14.1. The molecular weight excluding hydrogens is 519 g/mol. The van der Waals surface area contributed by atoms with Crippen LogP contribution in [0.15, 0.2) is 46.4 Å². The van der Waals surface area contributed by atoms with E-state index in [0.29, 0.717) is 17.5 Å². The van der Waals surface area contributed by atoms with Crippen molar-refractivity contribution in [1.82, 2.24) is 0 Å². The highest BCUT2D eigenvalue weighted by atomic mass is 35.5. The molecule has 1 aromatic heterocycles. The molecule has 176 valence electrons. The van der Waals surface area contributed by atoms with Crippen LogP contribution in [0.25, 0.3) is 6.08 Å². The van der Waals surface area contributed by atoms with E-state index in [1.807, 2.05) is 0 Å². The van der Waals surface area contributed by atoms with Crippen LogP contribution in [0.2, 0.25) is 5.02 Å². The van der Waals surface area contributed by atoms with Crippen molar-refractivity contribution in [3.8, 4) is 5.75 Å². The number of ether oxygens (including phenoxy) is 1. The van der Waals surface area contributed by atoms with Crippen LogP contribution in [0.5, 0.6) is 5.75 Å². The Kier molecular flexibility index (Phi) is 6.96. The number of hydrogen-bond acceptors (Lipinski definition) is 5. The summed E-state index contributed by atoms with van der Waals surface area (Å²) in [5.41, 5.74) is -0.733. The van der Waals surface area contributed by atoms with E-state index >= 15 is 0 Å². The van der Waals surface area contributed by atoms with Gasteiger partial charge < -0.3 is 4.74 Å². The van der Waals surface area contributed by atoms with E-state index in [1.54, 1.807) is 17.5 Å². The molecule has 1 aliphatic rings. The first-order chi connectivity index (χ1) is 16.2. The molecule has 0 atom stereocenters. The van der Waals surface area contributed by atoms with Crippen LogP contribution in [0, 0.1) is 29.1 Å². The fourth-order valence-electron chi connectivity index (χ4n) is 3.04. The number of amidine groups is 1. The lowest BCUT2D eigenvalue weighted by Crippen LogP contribution is -2.30. The van der Waals surface area contributed by atoms with Gasteiger partial charge in [-0.3, -0.25) is 9.69 Å². The average Bonchev–Trinajstić information content (AvgIpc) is 3.44. The SMILES string of the molecule is COc1ccc(N2C(=O)/C(=C\c3cccs3)N=C2SCc2c(F)c(F)c(F)c(F)c2F)cc1Cl. The van der Waals surface area contributed by atoms with Crippen molar-refractivity contribution in [2.24, 2.45) is 4.99 Å². The molecule has 4 nitrogen and oxygen atoms in total. The molecule has 12 heteroatoms. The summed E-state index contributed by atoms with van der Waals surface area (Å²) in [6.45, 7) is 0. The van der Waals surface area contributed by atoms with Crippen molar-refractivity contribution in [1.29, 1.82) is 0 Å². The first kappa shape index (κ1) is 24.2. The predicted molar refractivity (Wildman–Crippen MR) is 123 cm³/mol. The van der Waals surface area contributed by atoms with Gasteiger partial charge in [0.2, 0.25) is 5.82 Å². The van der Waals surface area contributed by atoms with Crippen molar-refractivity contribution in [2.75, 3.05) is 12.0 Å². The van der Waals surface area contributed by atoms with Crippen molar-refractivity contribution in [3.05, 3.63) is 86.0 Å². The second-order valence-corrected chi connectivity index (χ2v) is 9.06. The summed E-state index contributed by atoms with van der Waals surface area (Å²) in [6.07, 6.45) is 1.52. The maximum atomic E-state index is 14.1. The molecule has 0 fully saturated rings. The van der Waals surface area contributed by atoms with Crippen LogP contribution < -0.4 is 9.64 Å². The summed E-state index contributed by atoms with van der Waals surface area (Å²) in [5.74, 6) is -11.1. The van der Waals surface area contributed by atoms with Gasteiger partial charge in [0, 0.05) is 16.2 Å². The maximum Gasteiger partial charge on any atom is 0.283 e. The minimum atomic E-state index is -2.24. The Bertz CT molecular complexity index is 1320. The predicted octanol–water partition coefficient (Wildman–Crippen LogP) is 6.78. The molecule has 0 radical (unpaired) electrons. The van der Waals surface area contributed by atoms with E-state index in [9.17, 15) is 26.7 Å². The second kappa shape index (κ2) is 9.77. The third-order valence-electron chi connectivity index (χ3n) is 4.69. The molecule has 1 amide bonds. The Morgan fingerprint density at radius 2 is 1.76 bits per heavy atom. The smallest absolute Gasteiger partial charge is 0.283 e. The van der Waals surface area contributed by atoms with E-state index in [4.69, 9.17) is 16.3 Å². The highest BCUT2D eigenvalue weighted by molar-refractivity contribution is 8.13. The molecule has 0 unspecified atom stereocenters. The third-order valence-corrected chi connectivity index (χ3v) is 6.77. The lowest BCUT2D eigenvalue weighted by Gasteiger charge is -2.19. The minimum Gasteiger partial charge on any atom is -0.495 e. The Morgan fingerprint density at radius 3 is 2.35 bits per heavy atom. The highest BCUT2D eigenvalue weighted by Crippen LogP contribution is 2.36. The van der Waals surface area contributed by atoms with Gasteiger partial charge in [0.25, 0.3) is 5.91 Å². The number of carbonyl (C=O) groups excluding carboxylic acids is 1. The number of thioether (sulfide) groups is 1. The van der Waals surface area contributed by atoms with Crippen molar-refractivity contribution in [3.63, 3.8) is 0 Å². The van der Waals surface area contributed by atoms with Gasteiger partial charge in [-0.1, -0.05) is 29.4 Å². The quantitative estimate of drug-likeness (QED) is 0.158. The number of amides is 1. The first-order valence-corrected chi connectivity index (χ1v) is 11.6. The molecule has 0 spiro atoms. The molecule has 4 rings (SSSR count). The Balaban J connectivity index is 1.73. The summed E-state index contributed by atoms with van der Waals surface area (Å²) in [6, 6.07) is 8.00. The number of aliphatic imine (C=N–C) groups is 1. The summed E-state index contributed by atoms with van der Waals surface area (Å²) in [7, 11) is 1.41. The zero-order valence-electron chi connectivity index (χ0n) is 17.0. The molecule has 0 saturated heterocycles. The van der Waals surface area contributed by atoms with E-state index in [1.165, 1.54) is 42.7 Å². The van der Waals surface area contributed by atoms with E-state index in [2.05, 4.69) is 4.99 Å². The number of hydrogen-bond donors (Lipinski definition) is 0. The molecule has 3 aromatic rings. The molecule has 0 bridgehead atoms. The molecular formula is C22H12ClF5N2O2S2. The number of rotatable bonds is 5. The monoisotopic (exact) mass is 530 g/mol. The fourth-order valence-corrected chi connectivity index (χ4v) is 4.95. The summed E-state index contributed by atoms with van der Waals surface area (Å²) in [4.78, 5) is 19.3. The first-order valence-electron chi connectivity index (χ1n) is 9.38. The number of nitrogens with zero attached hydrogens (tertiary/aromatic N) is 2. The van der Waals surface area contributed by atoms with Gasteiger partial charge in [-0.05, 0) is 35.7 Å². The molecule has 2 heterocycles. The molecule has 34 heavy (non-hydrogen) atoms. The van der Waals surface area contributed by atoms with Crippen LogP contribution in [0.1, 0.15) is 10.4 Å². The van der Waals surface area contributed by atoms with Crippen LogP contribution in [-0.2, 0) is 10.5 Å². The topological polar surface area (TPSA) is 41.9 Å². The van der Waals surface area contributed by atoms with Crippen LogP contribution >= 0.6 is 34.7 Å². The van der Waals surface area contributed by atoms with Gasteiger partial charge in [-0.15, -0.1) is 11.3 Å². The summed E-state index contributed by atoms with van der Waals surface area (Å²) >= 11 is 8.17. The highest BCUT2D eigenvalue weighted by Gasteiger charge is 2.34. The summed E-state index contributed by atoms with van der Waals surface area (Å²) in [5, 5.41) is 1.96. The van der Waals surface area contributed by atoms with Crippen molar-refractivity contribution in [2.45, 2.75) is 5.75 Å². The second-order valence-electron chi connectivity index (χ2n) is 6.74. The average molecular weight is 531 g/mol. The van der Waals surface area contributed by atoms with Gasteiger partial charge in [0.1, 0.15) is 11.4 Å². The lowest BCUT2D eigenvalue weighted by molar-refractivity contribution is -0.113. The number of thiophene rings is 1. The lowest BCUT2D eigenvalue weighted by atomic mass is 10.2. The molecule has 0 aliphatic carbocycles. The third kappa shape index (κ3) is 4.42. The Morgan fingerprint density at radius 1 is 1.09 bits per heavy atom. The normalized spacial score (nSPS) is 14.8. The Hall–Kier alpha value is -2.89. The van der Waals surface area contributed by atoms with E-state index in [0.717, 1.165) is 9.78 Å². The number of halogens is 6. The van der Waals surface area contributed by atoms with Gasteiger partial charge in [0.05, 0.1) is 17.8 Å². The molecule has 0 N–H and O–H groups in total. The van der Waals surface area contributed by atoms with Crippen LogP contribution in [0.3, 0.4) is 0 Å². The molecule has 1 aliphatic heterocycles. The van der Waals surface area contributed by atoms with Gasteiger partial charge in [-0.25, -0.2) is 26.9 Å². The largest absolute Gasteiger partial charge is 0.495 e. The number of benzene rings is 2. The van der Waals surface area contributed by atoms with E-state index in [-0.39, 0.29) is 21.6 Å². The number of anilines is 1. The van der Waals surface area contributed by atoms with Crippen molar-refractivity contribution < 1.29 is 31.5 Å². The number of carbonyl (C=O) groups is 1. The molecule has 0 saturated carbocycles.